The zero-order chi connectivity index (χ0) is 39.3. The quantitative estimate of drug-likeness (QED) is 0.0658. The number of carbonyl (C=O) groups excluding carboxylic acids is 2. The van der Waals surface area contributed by atoms with Crippen molar-refractivity contribution in [1.82, 2.24) is 0 Å². The van der Waals surface area contributed by atoms with Crippen molar-refractivity contribution in [2.45, 2.75) is 150 Å². The van der Waals surface area contributed by atoms with Crippen LogP contribution in [-0.2, 0) is 34.6 Å². The molecule has 52 heavy (non-hydrogen) atoms. The highest BCUT2D eigenvalue weighted by Crippen LogP contribution is 2.42. The third kappa shape index (κ3) is 15.8. The molecule has 0 bridgehead atoms. The van der Waals surface area contributed by atoms with Gasteiger partial charge in [-0.3, -0.25) is 9.59 Å². The monoisotopic (exact) mass is 749 g/mol. The van der Waals surface area contributed by atoms with E-state index in [0.717, 1.165) is 56.6 Å². The largest absolute Gasteiger partial charge is 0.493 e. The van der Waals surface area contributed by atoms with Gasteiger partial charge in [-0.1, -0.05) is 54.5 Å². The molecule has 0 amide bonds. The van der Waals surface area contributed by atoms with E-state index in [2.05, 4.69) is 73.7 Å². The van der Waals surface area contributed by atoms with E-state index >= 15 is 0 Å². The van der Waals surface area contributed by atoms with Gasteiger partial charge in [0.05, 0.1) is 20.1 Å². The topological polar surface area (TPSA) is 89.5 Å². The number of hydrogen-bond donors (Lipinski definition) is 0. The van der Waals surface area contributed by atoms with E-state index in [1.807, 2.05) is 26.8 Å². The van der Waals surface area contributed by atoms with E-state index in [1.165, 1.54) is 0 Å². The van der Waals surface area contributed by atoms with Gasteiger partial charge in [-0.2, -0.15) is 0 Å². The highest BCUT2D eigenvalue weighted by Gasteiger charge is 2.43. The minimum atomic E-state index is -2.32. The van der Waals surface area contributed by atoms with Crippen LogP contribution in [0, 0.1) is 35.5 Å². The van der Waals surface area contributed by atoms with E-state index in [1.54, 1.807) is 14.2 Å². The normalized spacial score (nSPS) is 17.2. The van der Waals surface area contributed by atoms with E-state index in [9.17, 15) is 9.59 Å². The van der Waals surface area contributed by atoms with E-state index < -0.39 is 13.9 Å². The Kier molecular flexibility index (Phi) is 18.9. The molecule has 1 aliphatic heterocycles. The Hall–Kier alpha value is -1.94. The van der Waals surface area contributed by atoms with Crippen molar-refractivity contribution in [2.75, 3.05) is 40.6 Å². The van der Waals surface area contributed by atoms with Crippen LogP contribution in [0.4, 0.5) is 0 Å². The molecule has 1 fully saturated rings. The van der Waals surface area contributed by atoms with Crippen LogP contribution in [0.25, 0.3) is 0 Å². The van der Waals surface area contributed by atoms with Crippen LogP contribution in [0.15, 0.2) is 18.2 Å². The fraction of sp³-hybridized carbons (Fsp3) is 0.814. The van der Waals surface area contributed by atoms with E-state index in [-0.39, 0.29) is 47.2 Å². The summed E-state index contributed by atoms with van der Waals surface area (Å²) in [5.74, 6) is 2.34. The second-order valence-corrected chi connectivity index (χ2v) is 23.2. The van der Waals surface area contributed by atoms with Gasteiger partial charge in [0.25, 0.3) is 0 Å². The first-order chi connectivity index (χ1) is 24.2. The Morgan fingerprint density at radius 1 is 0.885 bits per heavy atom. The van der Waals surface area contributed by atoms with Crippen molar-refractivity contribution < 1.29 is 37.7 Å². The number of hydrogen-bond acceptors (Lipinski definition) is 8. The van der Waals surface area contributed by atoms with Crippen LogP contribution in [0.1, 0.15) is 120 Å². The predicted octanol–water partition coefficient (Wildman–Crippen LogP) is 10.1. The summed E-state index contributed by atoms with van der Waals surface area (Å²) < 4.78 is 35.9. The first-order valence-corrected chi connectivity index (χ1v) is 22.9. The van der Waals surface area contributed by atoms with Crippen LogP contribution in [0.3, 0.4) is 0 Å². The van der Waals surface area contributed by atoms with E-state index in [0.29, 0.717) is 49.4 Å². The Balaban J connectivity index is 2.56. The lowest BCUT2D eigenvalue weighted by Crippen LogP contribution is -2.48. The molecule has 0 spiro atoms. The van der Waals surface area contributed by atoms with Crippen LogP contribution < -0.4 is 9.47 Å². The number of Topliss-reactive ketones (excluding diaryl/α,β-unsaturated/α-hetero) is 1. The van der Waals surface area contributed by atoms with Crippen LogP contribution >= 0.6 is 0 Å². The van der Waals surface area contributed by atoms with Crippen molar-refractivity contribution in [2.24, 2.45) is 35.5 Å². The maximum absolute atomic E-state index is 14.1. The molecule has 0 aliphatic carbocycles. The minimum Gasteiger partial charge on any atom is -0.493 e. The highest BCUT2D eigenvalue weighted by molar-refractivity contribution is 6.74. The Morgan fingerprint density at radius 2 is 1.54 bits per heavy atom. The zero-order valence-electron chi connectivity index (χ0n) is 35.5. The van der Waals surface area contributed by atoms with E-state index in [4.69, 9.17) is 28.1 Å². The van der Waals surface area contributed by atoms with Crippen molar-refractivity contribution in [3.63, 3.8) is 0 Å². The third-order valence-electron chi connectivity index (χ3n) is 11.2. The molecule has 9 heteroatoms. The number of esters is 1. The van der Waals surface area contributed by atoms with Gasteiger partial charge in [0.2, 0.25) is 0 Å². The molecule has 1 aromatic carbocycles. The number of carbonyl (C=O) groups is 2. The van der Waals surface area contributed by atoms with Crippen LogP contribution in [0.5, 0.6) is 11.5 Å². The van der Waals surface area contributed by atoms with Crippen LogP contribution in [0.2, 0.25) is 18.1 Å². The molecule has 1 aliphatic rings. The van der Waals surface area contributed by atoms with Gasteiger partial charge in [0, 0.05) is 51.8 Å². The first kappa shape index (κ1) is 46.2. The molecule has 1 heterocycles. The SMILES string of the molecule is COCCCOc1cc(C[C@@H](C[C@H](CC(=O)OC(C)(C)C)[C@H](C[C@H](C(=O)CC2CCOCC2)C(C)C)O[Si](C)(C)C(C)(C)C)C(C)C)ccc1OC. The summed E-state index contributed by atoms with van der Waals surface area (Å²) in [4.78, 5) is 27.9. The summed E-state index contributed by atoms with van der Waals surface area (Å²) in [5.41, 5.74) is 0.559. The molecular formula is C43H76O8Si. The summed E-state index contributed by atoms with van der Waals surface area (Å²) in [7, 11) is 1.04. The Labute approximate surface area is 318 Å². The number of rotatable bonds is 22. The standard InChI is InChI=1S/C43H76O8Si/c1-30(2)34(24-33-16-17-38(47-12)40(26-33)49-21-15-20-46-11)27-35(28-41(45)50-42(5,6)7)39(51-52(13,14)43(8,9)10)29-36(31(3)4)37(44)25-32-18-22-48-23-19-32/h16-17,26,30-32,34-36,39H,15,18-25,27-29H2,1-14H3/t34-,35+,36-,39-/m0/s1. The second-order valence-electron chi connectivity index (χ2n) is 18.4. The maximum Gasteiger partial charge on any atom is 0.306 e. The average molecular weight is 749 g/mol. The van der Waals surface area contributed by atoms with Gasteiger partial charge in [-0.05, 0) is 118 Å². The molecule has 0 saturated carbocycles. The van der Waals surface area contributed by atoms with Gasteiger partial charge in [0.1, 0.15) is 11.4 Å². The summed E-state index contributed by atoms with van der Waals surface area (Å²) in [6.07, 6.45) is 5.40. The van der Waals surface area contributed by atoms with Crippen molar-refractivity contribution in [3.05, 3.63) is 23.8 Å². The molecule has 8 nitrogen and oxygen atoms in total. The zero-order valence-corrected chi connectivity index (χ0v) is 36.5. The number of benzene rings is 1. The molecule has 0 radical (unpaired) electrons. The van der Waals surface area contributed by atoms with Gasteiger partial charge >= 0.3 is 5.97 Å². The summed E-state index contributed by atoms with van der Waals surface area (Å²) in [6, 6.07) is 6.20. The summed E-state index contributed by atoms with van der Waals surface area (Å²) in [6.45, 7) is 28.6. The lowest BCUT2D eigenvalue weighted by Gasteiger charge is -2.43. The Bertz CT molecular complexity index is 1210. The smallest absolute Gasteiger partial charge is 0.306 e. The summed E-state index contributed by atoms with van der Waals surface area (Å²) >= 11 is 0. The molecule has 4 atom stereocenters. The number of methoxy groups -OCH3 is 2. The summed E-state index contributed by atoms with van der Waals surface area (Å²) in [5, 5.41) is -0.0403. The Morgan fingerprint density at radius 3 is 2.08 bits per heavy atom. The molecule has 1 aromatic rings. The molecule has 0 unspecified atom stereocenters. The van der Waals surface area contributed by atoms with Gasteiger partial charge in [-0.25, -0.2) is 0 Å². The maximum atomic E-state index is 14.1. The fourth-order valence-electron chi connectivity index (χ4n) is 6.90. The van der Waals surface area contributed by atoms with Crippen molar-refractivity contribution >= 4 is 20.1 Å². The number of ether oxygens (including phenoxy) is 5. The molecular weight excluding hydrogens is 673 g/mol. The molecule has 2 rings (SSSR count). The van der Waals surface area contributed by atoms with Crippen molar-refractivity contribution in [3.8, 4) is 11.5 Å². The molecule has 300 valence electrons. The van der Waals surface area contributed by atoms with Crippen molar-refractivity contribution in [1.29, 1.82) is 0 Å². The molecule has 0 aromatic heterocycles. The second kappa shape index (κ2) is 21.2. The third-order valence-corrected chi connectivity index (χ3v) is 15.7. The van der Waals surface area contributed by atoms with Gasteiger partial charge in [0.15, 0.2) is 19.8 Å². The lowest BCUT2D eigenvalue weighted by molar-refractivity contribution is -0.157. The average Bonchev–Trinajstić information content (AvgIpc) is 3.03. The highest BCUT2D eigenvalue weighted by atomic mass is 28.4. The minimum absolute atomic E-state index is 0.0403. The molecule has 1 saturated heterocycles. The molecule has 0 N–H and O–H groups in total. The number of ketones is 1. The van der Waals surface area contributed by atoms with Crippen LogP contribution in [-0.4, -0.2) is 72.4 Å². The first-order valence-electron chi connectivity index (χ1n) is 20.0. The van der Waals surface area contributed by atoms with Gasteiger partial charge < -0.3 is 28.1 Å². The fourth-order valence-corrected chi connectivity index (χ4v) is 8.30. The predicted molar refractivity (Wildman–Crippen MR) is 214 cm³/mol. The lowest BCUT2D eigenvalue weighted by atomic mass is 9.75. The van der Waals surface area contributed by atoms with Gasteiger partial charge in [-0.15, -0.1) is 0 Å².